The number of hydrogen-bond donors (Lipinski definition) is 1. The Morgan fingerprint density at radius 1 is 1.33 bits per heavy atom. The lowest BCUT2D eigenvalue weighted by Gasteiger charge is -2.26. The Balaban J connectivity index is 2.20. The highest BCUT2D eigenvalue weighted by Gasteiger charge is 2.30. The number of benzene rings is 1. The molecule has 0 radical (unpaired) electrons. The van der Waals surface area contributed by atoms with Crippen molar-refractivity contribution in [1.29, 1.82) is 0 Å². The van der Waals surface area contributed by atoms with Gasteiger partial charge in [-0.25, -0.2) is 0 Å². The highest BCUT2D eigenvalue weighted by atomic mass is 16.5. The van der Waals surface area contributed by atoms with E-state index < -0.39 is 0 Å². The summed E-state index contributed by atoms with van der Waals surface area (Å²) in [7, 11) is 0. The topological polar surface area (TPSA) is 21.3 Å². The van der Waals surface area contributed by atoms with Gasteiger partial charge < -0.3 is 10.1 Å². The van der Waals surface area contributed by atoms with Gasteiger partial charge in [-0.1, -0.05) is 12.1 Å². The summed E-state index contributed by atoms with van der Waals surface area (Å²) in [4.78, 5) is 0. The molecule has 2 rings (SSSR count). The van der Waals surface area contributed by atoms with Crippen molar-refractivity contribution in [2.24, 2.45) is 0 Å². The first-order valence-electron chi connectivity index (χ1n) is 5.57. The summed E-state index contributed by atoms with van der Waals surface area (Å²) in [5.41, 5.74) is 2.52. The molecule has 0 aromatic heterocycles. The van der Waals surface area contributed by atoms with Crippen molar-refractivity contribution in [3.63, 3.8) is 0 Å². The van der Waals surface area contributed by atoms with Crippen LogP contribution in [0.15, 0.2) is 18.2 Å². The molecular weight excluding hydrogens is 186 g/mol. The van der Waals surface area contributed by atoms with Crippen LogP contribution in [0.25, 0.3) is 0 Å². The highest BCUT2D eigenvalue weighted by molar-refractivity contribution is 5.38. The molecule has 2 heteroatoms. The molecule has 0 spiro atoms. The molecular formula is C13H19NO. The zero-order chi connectivity index (χ0) is 10.9. The molecule has 0 amide bonds. The first-order valence-corrected chi connectivity index (χ1v) is 5.57. The maximum absolute atomic E-state index is 6.11. The van der Waals surface area contributed by atoms with Crippen LogP contribution in [-0.2, 0) is 0 Å². The summed E-state index contributed by atoms with van der Waals surface area (Å²) < 4.78 is 6.11. The summed E-state index contributed by atoms with van der Waals surface area (Å²) in [5.74, 6) is 1.03. The van der Waals surface area contributed by atoms with Gasteiger partial charge in [0.05, 0.1) is 0 Å². The predicted octanol–water partition coefficient (Wildman–Crippen LogP) is 2.43. The zero-order valence-electron chi connectivity index (χ0n) is 9.76. The Hall–Kier alpha value is -1.02. The van der Waals surface area contributed by atoms with Gasteiger partial charge in [0.1, 0.15) is 11.4 Å². The van der Waals surface area contributed by atoms with E-state index in [4.69, 9.17) is 4.74 Å². The van der Waals surface area contributed by atoms with E-state index in [-0.39, 0.29) is 5.60 Å². The molecule has 1 atom stereocenters. The van der Waals surface area contributed by atoms with Gasteiger partial charge in [0.2, 0.25) is 0 Å². The largest absolute Gasteiger partial charge is 0.486 e. The monoisotopic (exact) mass is 205 g/mol. The van der Waals surface area contributed by atoms with E-state index in [0.29, 0.717) is 0 Å². The standard InChI is InChI=1S/C13H19NO/c1-10-5-4-6-12(11(10)2)15-13(3)7-8-14-9-13/h4-6,14H,7-9H2,1-3H3. The van der Waals surface area contributed by atoms with Crippen molar-refractivity contribution < 1.29 is 4.74 Å². The van der Waals surface area contributed by atoms with Crippen LogP contribution in [0.2, 0.25) is 0 Å². The van der Waals surface area contributed by atoms with E-state index in [1.54, 1.807) is 0 Å². The maximum atomic E-state index is 6.11. The van der Waals surface area contributed by atoms with Crippen molar-refractivity contribution in [3.05, 3.63) is 29.3 Å². The second kappa shape index (κ2) is 3.86. The smallest absolute Gasteiger partial charge is 0.123 e. The number of nitrogens with one attached hydrogen (secondary N) is 1. The van der Waals surface area contributed by atoms with Crippen molar-refractivity contribution in [2.75, 3.05) is 13.1 Å². The average Bonchev–Trinajstić information content (AvgIpc) is 2.60. The Morgan fingerprint density at radius 3 is 2.80 bits per heavy atom. The fourth-order valence-corrected chi connectivity index (χ4v) is 1.98. The second-order valence-corrected chi connectivity index (χ2v) is 4.68. The molecule has 1 aliphatic heterocycles. The molecule has 1 aromatic rings. The first kappa shape index (κ1) is 10.5. The summed E-state index contributed by atoms with van der Waals surface area (Å²) in [6, 6.07) is 6.24. The zero-order valence-corrected chi connectivity index (χ0v) is 9.76. The van der Waals surface area contributed by atoms with E-state index in [0.717, 1.165) is 25.3 Å². The lowest BCUT2D eigenvalue weighted by atomic mass is 10.1. The molecule has 1 aromatic carbocycles. The highest BCUT2D eigenvalue weighted by Crippen LogP contribution is 2.27. The molecule has 1 saturated heterocycles. The molecule has 1 fully saturated rings. The van der Waals surface area contributed by atoms with Gasteiger partial charge in [-0.2, -0.15) is 0 Å². The quantitative estimate of drug-likeness (QED) is 0.800. The van der Waals surface area contributed by atoms with Crippen LogP contribution >= 0.6 is 0 Å². The Labute approximate surface area is 91.6 Å². The molecule has 1 aliphatic rings. The van der Waals surface area contributed by atoms with E-state index in [1.807, 2.05) is 0 Å². The summed E-state index contributed by atoms with van der Waals surface area (Å²) in [6.07, 6.45) is 1.08. The lowest BCUT2D eigenvalue weighted by Crippen LogP contribution is -2.34. The van der Waals surface area contributed by atoms with Gasteiger partial charge >= 0.3 is 0 Å². The van der Waals surface area contributed by atoms with E-state index in [9.17, 15) is 0 Å². The van der Waals surface area contributed by atoms with E-state index in [1.165, 1.54) is 11.1 Å². The van der Waals surface area contributed by atoms with Crippen molar-refractivity contribution in [2.45, 2.75) is 32.8 Å². The SMILES string of the molecule is Cc1cccc(OC2(C)CCNC2)c1C. The van der Waals surface area contributed by atoms with Crippen LogP contribution in [0.3, 0.4) is 0 Å². The van der Waals surface area contributed by atoms with Crippen LogP contribution in [0, 0.1) is 13.8 Å². The molecule has 0 bridgehead atoms. The molecule has 1 unspecified atom stereocenters. The minimum Gasteiger partial charge on any atom is -0.486 e. The second-order valence-electron chi connectivity index (χ2n) is 4.68. The third-order valence-corrected chi connectivity index (χ3v) is 3.24. The fraction of sp³-hybridized carbons (Fsp3) is 0.538. The Morgan fingerprint density at radius 2 is 2.13 bits per heavy atom. The van der Waals surface area contributed by atoms with Crippen LogP contribution in [0.4, 0.5) is 0 Å². The third kappa shape index (κ3) is 2.15. The van der Waals surface area contributed by atoms with Crippen LogP contribution in [-0.4, -0.2) is 18.7 Å². The van der Waals surface area contributed by atoms with Crippen molar-refractivity contribution >= 4 is 0 Å². The number of rotatable bonds is 2. The third-order valence-electron chi connectivity index (χ3n) is 3.24. The van der Waals surface area contributed by atoms with Gasteiger partial charge in [0, 0.05) is 13.0 Å². The number of hydrogen-bond acceptors (Lipinski definition) is 2. The average molecular weight is 205 g/mol. The lowest BCUT2D eigenvalue weighted by molar-refractivity contribution is 0.110. The predicted molar refractivity (Wildman–Crippen MR) is 62.4 cm³/mol. The minimum atomic E-state index is -0.0292. The number of aryl methyl sites for hydroxylation is 1. The Kier molecular flexibility index (Phi) is 2.70. The van der Waals surface area contributed by atoms with Gasteiger partial charge in [-0.15, -0.1) is 0 Å². The summed E-state index contributed by atoms with van der Waals surface area (Å²) in [5, 5.41) is 3.34. The van der Waals surface area contributed by atoms with Gasteiger partial charge in [0.25, 0.3) is 0 Å². The van der Waals surface area contributed by atoms with Gasteiger partial charge in [-0.05, 0) is 44.5 Å². The molecule has 82 valence electrons. The van der Waals surface area contributed by atoms with Crippen LogP contribution < -0.4 is 10.1 Å². The Bertz CT molecular complexity index is 354. The van der Waals surface area contributed by atoms with Gasteiger partial charge in [0.15, 0.2) is 0 Å². The summed E-state index contributed by atoms with van der Waals surface area (Å²) in [6.45, 7) is 8.42. The van der Waals surface area contributed by atoms with Crippen molar-refractivity contribution in [3.8, 4) is 5.75 Å². The summed E-state index contributed by atoms with van der Waals surface area (Å²) >= 11 is 0. The van der Waals surface area contributed by atoms with E-state index in [2.05, 4.69) is 44.3 Å². The van der Waals surface area contributed by atoms with Crippen LogP contribution in [0.5, 0.6) is 5.75 Å². The normalized spacial score (nSPS) is 25.5. The molecule has 1 N–H and O–H groups in total. The first-order chi connectivity index (χ1) is 7.11. The minimum absolute atomic E-state index is 0.0292. The fourth-order valence-electron chi connectivity index (χ4n) is 1.98. The number of ether oxygens (including phenoxy) is 1. The van der Waals surface area contributed by atoms with E-state index >= 15 is 0 Å². The maximum Gasteiger partial charge on any atom is 0.123 e. The molecule has 2 nitrogen and oxygen atoms in total. The van der Waals surface area contributed by atoms with Crippen molar-refractivity contribution in [1.82, 2.24) is 5.32 Å². The molecule has 1 heterocycles. The molecule has 15 heavy (non-hydrogen) atoms. The molecule has 0 aliphatic carbocycles. The van der Waals surface area contributed by atoms with Crippen LogP contribution in [0.1, 0.15) is 24.5 Å². The molecule has 0 saturated carbocycles. The van der Waals surface area contributed by atoms with Gasteiger partial charge in [-0.3, -0.25) is 0 Å².